The lowest BCUT2D eigenvalue weighted by atomic mass is 10.0. The van der Waals surface area contributed by atoms with E-state index in [1.54, 1.807) is 0 Å². The van der Waals surface area contributed by atoms with Crippen LogP contribution < -0.4 is 20.9 Å². The Labute approximate surface area is 185 Å². The molecule has 0 saturated carbocycles. The van der Waals surface area contributed by atoms with Gasteiger partial charge in [0.1, 0.15) is 38.5 Å². The van der Waals surface area contributed by atoms with Gasteiger partial charge in [0.05, 0.1) is 0 Å². The molecule has 8 heteroatoms. The third-order valence-corrected chi connectivity index (χ3v) is 5.45. The fourth-order valence-corrected chi connectivity index (χ4v) is 3.81. The molecule has 0 amide bonds. The summed E-state index contributed by atoms with van der Waals surface area (Å²) in [7, 11) is 0. The highest BCUT2D eigenvalue weighted by molar-refractivity contribution is 5.83. The number of hydrogen-bond acceptors (Lipinski definition) is 8. The smallest absolute Gasteiger partial charge is 0.282 e. The number of hydrogen-bond donors (Lipinski definition) is 2. The number of rotatable bonds is 2. The summed E-state index contributed by atoms with van der Waals surface area (Å²) in [5, 5.41) is 2.46. The molecule has 6 rings (SSSR count). The first-order valence-electron chi connectivity index (χ1n) is 10.5. The predicted octanol–water partition coefficient (Wildman–Crippen LogP) is 3.07. The summed E-state index contributed by atoms with van der Waals surface area (Å²) in [6.07, 6.45) is 0. The van der Waals surface area contributed by atoms with Crippen LogP contribution in [-0.2, 0) is 9.47 Å². The van der Waals surface area contributed by atoms with Crippen molar-refractivity contribution < 1.29 is 18.9 Å². The van der Waals surface area contributed by atoms with Gasteiger partial charge in [-0.2, -0.15) is 0 Å². The molecule has 0 aliphatic carbocycles. The minimum absolute atomic E-state index is 0.0316. The fourth-order valence-electron chi connectivity index (χ4n) is 3.81. The van der Waals surface area contributed by atoms with Crippen LogP contribution >= 0.6 is 0 Å². The van der Waals surface area contributed by atoms with Crippen molar-refractivity contribution in [2.75, 3.05) is 26.4 Å². The molecular formula is C24H24N4O4. The number of ether oxygens (including phenoxy) is 4. The SMILES string of the molecule is NC1=NC(c2ccc3c(c2)OCCO3)CO1.NC1=NC(c2ccc3ccccc3c2)CO1. The Hall–Kier alpha value is -3.94. The number of fused-ring (bicyclic) bond motifs is 2. The number of nitrogens with two attached hydrogens (primary N) is 2. The zero-order chi connectivity index (χ0) is 21.9. The third kappa shape index (κ3) is 4.25. The van der Waals surface area contributed by atoms with E-state index in [1.165, 1.54) is 10.8 Å². The molecule has 3 aliphatic heterocycles. The normalized spacial score (nSPS) is 21.0. The highest BCUT2D eigenvalue weighted by Gasteiger charge is 2.21. The maximum atomic E-state index is 5.50. The van der Waals surface area contributed by atoms with Crippen LogP contribution in [0.3, 0.4) is 0 Å². The van der Waals surface area contributed by atoms with E-state index in [1.807, 2.05) is 30.3 Å². The average Bonchev–Trinajstić information content (AvgIpc) is 3.47. The van der Waals surface area contributed by atoms with Crippen LogP contribution in [0, 0.1) is 0 Å². The van der Waals surface area contributed by atoms with Gasteiger partial charge in [-0.25, -0.2) is 9.98 Å². The Balaban J connectivity index is 0.000000135. The van der Waals surface area contributed by atoms with Crippen LogP contribution in [0.4, 0.5) is 0 Å². The molecule has 4 N–H and O–H groups in total. The minimum Gasteiger partial charge on any atom is -0.486 e. The molecule has 3 aromatic carbocycles. The molecule has 3 aliphatic rings. The second-order valence-corrected chi connectivity index (χ2v) is 7.60. The zero-order valence-corrected chi connectivity index (χ0v) is 17.4. The van der Waals surface area contributed by atoms with Crippen molar-refractivity contribution in [3.8, 4) is 11.5 Å². The molecule has 32 heavy (non-hydrogen) atoms. The average molecular weight is 432 g/mol. The number of amidine groups is 2. The van der Waals surface area contributed by atoms with Gasteiger partial charge in [0, 0.05) is 0 Å². The van der Waals surface area contributed by atoms with E-state index in [0.29, 0.717) is 26.4 Å². The van der Waals surface area contributed by atoms with Crippen molar-refractivity contribution in [2.24, 2.45) is 21.5 Å². The quantitative estimate of drug-likeness (QED) is 0.643. The summed E-state index contributed by atoms with van der Waals surface area (Å²) >= 11 is 0. The first-order valence-corrected chi connectivity index (χ1v) is 10.5. The van der Waals surface area contributed by atoms with Crippen LogP contribution in [0.2, 0.25) is 0 Å². The van der Waals surface area contributed by atoms with Crippen LogP contribution in [0.15, 0.2) is 70.6 Å². The van der Waals surface area contributed by atoms with Crippen LogP contribution in [0.5, 0.6) is 11.5 Å². The van der Waals surface area contributed by atoms with Crippen LogP contribution in [-0.4, -0.2) is 38.5 Å². The van der Waals surface area contributed by atoms with E-state index in [2.05, 4.69) is 40.3 Å². The number of benzene rings is 3. The summed E-state index contributed by atoms with van der Waals surface area (Å²) < 4.78 is 21.2. The predicted molar refractivity (Wildman–Crippen MR) is 122 cm³/mol. The summed E-state index contributed by atoms with van der Waals surface area (Å²) in [6, 6.07) is 21.0. The molecule has 0 radical (unpaired) electrons. The summed E-state index contributed by atoms with van der Waals surface area (Å²) in [5.74, 6) is 1.55. The molecule has 3 aromatic rings. The fraction of sp³-hybridized carbons (Fsp3) is 0.250. The molecule has 3 heterocycles. The lowest BCUT2D eigenvalue weighted by Gasteiger charge is -2.19. The summed E-state index contributed by atoms with van der Waals surface area (Å²) in [6.45, 7) is 2.22. The van der Waals surface area contributed by atoms with Gasteiger partial charge < -0.3 is 30.4 Å². The molecule has 0 fully saturated rings. The van der Waals surface area contributed by atoms with Gasteiger partial charge in [-0.15, -0.1) is 0 Å². The Morgan fingerprint density at radius 3 is 1.88 bits per heavy atom. The maximum Gasteiger partial charge on any atom is 0.282 e. The molecular weight excluding hydrogens is 408 g/mol. The first kappa shape index (κ1) is 20.0. The van der Waals surface area contributed by atoms with Gasteiger partial charge in [-0.05, 0) is 40.1 Å². The second-order valence-electron chi connectivity index (χ2n) is 7.60. The van der Waals surface area contributed by atoms with Gasteiger partial charge in [0.15, 0.2) is 11.5 Å². The van der Waals surface area contributed by atoms with Crippen molar-refractivity contribution in [2.45, 2.75) is 12.1 Å². The molecule has 0 aromatic heterocycles. The van der Waals surface area contributed by atoms with E-state index in [9.17, 15) is 0 Å². The maximum absolute atomic E-state index is 5.50. The molecule has 8 nitrogen and oxygen atoms in total. The molecule has 164 valence electrons. The number of nitrogens with zero attached hydrogens (tertiary/aromatic N) is 2. The minimum atomic E-state index is -0.0316. The van der Waals surface area contributed by atoms with Gasteiger partial charge in [-0.1, -0.05) is 42.5 Å². The molecule has 0 saturated heterocycles. The van der Waals surface area contributed by atoms with Crippen molar-refractivity contribution in [3.05, 3.63) is 71.8 Å². The Bertz CT molecular complexity index is 1190. The summed E-state index contributed by atoms with van der Waals surface area (Å²) in [5.41, 5.74) is 13.2. The Morgan fingerprint density at radius 2 is 1.22 bits per heavy atom. The summed E-state index contributed by atoms with van der Waals surface area (Å²) in [4.78, 5) is 8.42. The van der Waals surface area contributed by atoms with Gasteiger partial charge in [0.2, 0.25) is 0 Å². The van der Waals surface area contributed by atoms with E-state index in [4.69, 9.17) is 30.4 Å². The van der Waals surface area contributed by atoms with E-state index in [0.717, 1.165) is 22.6 Å². The lowest BCUT2D eigenvalue weighted by molar-refractivity contribution is 0.171. The monoisotopic (exact) mass is 432 g/mol. The molecule has 0 spiro atoms. The number of aliphatic imine (C=N–C) groups is 2. The second kappa shape index (κ2) is 8.66. The van der Waals surface area contributed by atoms with E-state index in [-0.39, 0.29) is 24.1 Å². The highest BCUT2D eigenvalue weighted by atomic mass is 16.6. The standard InChI is InChI=1S/C13H12N2O.C11H12N2O3/c14-13-15-12(8-16-13)11-6-5-9-3-1-2-4-10(9)7-11;12-11-13-8(6-16-11)7-1-2-9-10(5-7)15-4-3-14-9/h1-7,12H,8H2,(H2,14,15);1-2,5,8H,3-4,6H2,(H2,12,13). The van der Waals surface area contributed by atoms with Gasteiger partial charge >= 0.3 is 0 Å². The van der Waals surface area contributed by atoms with Crippen molar-refractivity contribution in [1.29, 1.82) is 0 Å². The largest absolute Gasteiger partial charge is 0.486 e. The highest BCUT2D eigenvalue weighted by Crippen LogP contribution is 2.34. The third-order valence-electron chi connectivity index (χ3n) is 5.45. The first-order chi connectivity index (χ1) is 15.7. The van der Waals surface area contributed by atoms with E-state index >= 15 is 0 Å². The Morgan fingerprint density at radius 1 is 0.625 bits per heavy atom. The molecule has 2 atom stereocenters. The zero-order valence-electron chi connectivity index (χ0n) is 17.4. The van der Waals surface area contributed by atoms with Crippen molar-refractivity contribution >= 4 is 22.8 Å². The van der Waals surface area contributed by atoms with E-state index < -0.39 is 0 Å². The van der Waals surface area contributed by atoms with Crippen LogP contribution in [0.25, 0.3) is 10.8 Å². The van der Waals surface area contributed by atoms with Gasteiger partial charge in [0.25, 0.3) is 12.0 Å². The molecule has 0 bridgehead atoms. The topological polar surface area (TPSA) is 114 Å². The van der Waals surface area contributed by atoms with Crippen molar-refractivity contribution in [3.63, 3.8) is 0 Å². The van der Waals surface area contributed by atoms with Gasteiger partial charge in [-0.3, -0.25) is 0 Å². The van der Waals surface area contributed by atoms with Crippen LogP contribution in [0.1, 0.15) is 23.2 Å². The Kier molecular flexibility index (Phi) is 5.41. The lowest BCUT2D eigenvalue weighted by Crippen LogP contribution is -2.15. The molecule has 2 unspecified atom stereocenters. The van der Waals surface area contributed by atoms with Crippen molar-refractivity contribution in [1.82, 2.24) is 0 Å².